The SMILES string of the molecule is CN1CCCC(NC(=O)Oc2n[nH]c(NC(=O)c3ccccc3Cl)c2Br)C1=O. The molecular weight excluding hydrogens is 454 g/mol. The van der Waals surface area contributed by atoms with E-state index in [-0.39, 0.29) is 27.6 Å². The summed E-state index contributed by atoms with van der Waals surface area (Å²) in [7, 11) is 1.68. The van der Waals surface area contributed by atoms with Gasteiger partial charge in [0.25, 0.3) is 11.8 Å². The fraction of sp³-hybridized carbons (Fsp3) is 0.294. The molecule has 1 aromatic carbocycles. The number of benzene rings is 1. The molecule has 0 bridgehead atoms. The van der Waals surface area contributed by atoms with Crippen molar-refractivity contribution < 1.29 is 19.1 Å². The Hall–Kier alpha value is -2.59. The van der Waals surface area contributed by atoms with Gasteiger partial charge >= 0.3 is 6.09 Å². The Balaban J connectivity index is 1.63. The molecule has 1 aromatic heterocycles. The molecule has 28 heavy (non-hydrogen) atoms. The Morgan fingerprint density at radius 3 is 2.89 bits per heavy atom. The molecule has 3 N–H and O–H groups in total. The topological polar surface area (TPSA) is 116 Å². The number of likely N-dealkylation sites (N-methyl/N-ethyl adjacent to an activating group) is 1. The monoisotopic (exact) mass is 469 g/mol. The zero-order chi connectivity index (χ0) is 20.3. The van der Waals surface area contributed by atoms with Crippen molar-refractivity contribution in [3.63, 3.8) is 0 Å². The first-order valence-corrected chi connectivity index (χ1v) is 9.57. The van der Waals surface area contributed by atoms with E-state index in [0.29, 0.717) is 18.0 Å². The molecule has 0 spiro atoms. The number of amides is 3. The van der Waals surface area contributed by atoms with Crippen LogP contribution in [0.5, 0.6) is 5.88 Å². The number of aromatic amines is 1. The molecule has 0 radical (unpaired) electrons. The van der Waals surface area contributed by atoms with Gasteiger partial charge in [-0.3, -0.25) is 14.7 Å². The number of hydrogen-bond donors (Lipinski definition) is 3. The second kappa shape index (κ2) is 8.61. The van der Waals surface area contributed by atoms with Crippen molar-refractivity contribution in [2.75, 3.05) is 18.9 Å². The fourth-order valence-electron chi connectivity index (χ4n) is 2.71. The molecule has 0 aliphatic carbocycles. The van der Waals surface area contributed by atoms with Gasteiger partial charge in [-0.1, -0.05) is 23.7 Å². The van der Waals surface area contributed by atoms with Crippen LogP contribution in [0.3, 0.4) is 0 Å². The number of halogens is 2. The number of likely N-dealkylation sites (tertiary alicyclic amines) is 1. The largest absolute Gasteiger partial charge is 0.414 e. The van der Waals surface area contributed by atoms with Crippen LogP contribution in [0.2, 0.25) is 5.02 Å². The Kier molecular flexibility index (Phi) is 6.20. The van der Waals surface area contributed by atoms with Gasteiger partial charge in [-0.25, -0.2) is 4.79 Å². The molecule has 2 heterocycles. The van der Waals surface area contributed by atoms with Crippen LogP contribution >= 0.6 is 27.5 Å². The third-order valence-corrected chi connectivity index (χ3v) is 5.24. The van der Waals surface area contributed by atoms with E-state index in [1.54, 1.807) is 36.2 Å². The van der Waals surface area contributed by atoms with Crippen LogP contribution in [0.25, 0.3) is 0 Å². The van der Waals surface area contributed by atoms with E-state index in [4.69, 9.17) is 16.3 Å². The molecule has 1 unspecified atom stereocenters. The van der Waals surface area contributed by atoms with Crippen molar-refractivity contribution in [3.8, 4) is 5.88 Å². The molecule has 9 nitrogen and oxygen atoms in total. The van der Waals surface area contributed by atoms with Crippen LogP contribution in [-0.2, 0) is 4.79 Å². The third kappa shape index (κ3) is 4.45. The van der Waals surface area contributed by atoms with E-state index in [9.17, 15) is 14.4 Å². The molecule has 0 saturated carbocycles. The maximum Gasteiger partial charge on any atom is 0.414 e. The Labute approximate surface area is 173 Å². The van der Waals surface area contributed by atoms with Crippen LogP contribution in [-0.4, -0.2) is 52.6 Å². The van der Waals surface area contributed by atoms with E-state index in [0.717, 1.165) is 6.42 Å². The van der Waals surface area contributed by atoms with Gasteiger partial charge in [0, 0.05) is 13.6 Å². The second-order valence-electron chi connectivity index (χ2n) is 6.14. The first-order chi connectivity index (χ1) is 13.4. The quantitative estimate of drug-likeness (QED) is 0.635. The summed E-state index contributed by atoms with van der Waals surface area (Å²) in [5, 5.41) is 11.8. The molecule has 3 amide bonds. The summed E-state index contributed by atoms with van der Waals surface area (Å²) in [6, 6.07) is 5.94. The molecule has 1 saturated heterocycles. The van der Waals surface area contributed by atoms with Gasteiger partial charge in [-0.05, 0) is 40.9 Å². The lowest BCUT2D eigenvalue weighted by atomic mass is 10.1. The summed E-state index contributed by atoms with van der Waals surface area (Å²) in [5.41, 5.74) is 0.283. The minimum atomic E-state index is -0.815. The maximum absolute atomic E-state index is 12.3. The van der Waals surface area contributed by atoms with E-state index < -0.39 is 18.0 Å². The third-order valence-electron chi connectivity index (χ3n) is 4.18. The highest BCUT2D eigenvalue weighted by Gasteiger charge is 2.29. The molecular formula is C17H17BrClN5O4. The van der Waals surface area contributed by atoms with E-state index >= 15 is 0 Å². The second-order valence-corrected chi connectivity index (χ2v) is 7.34. The zero-order valence-electron chi connectivity index (χ0n) is 14.8. The molecule has 1 fully saturated rings. The summed E-state index contributed by atoms with van der Waals surface area (Å²) in [6.07, 6.45) is 0.515. The maximum atomic E-state index is 12.3. The Morgan fingerprint density at radius 2 is 2.14 bits per heavy atom. The lowest BCUT2D eigenvalue weighted by Crippen LogP contribution is -2.51. The number of carbonyl (C=O) groups excluding carboxylic acids is 3. The number of nitrogens with zero attached hydrogens (tertiary/aromatic N) is 2. The highest BCUT2D eigenvalue weighted by atomic mass is 79.9. The predicted molar refractivity (Wildman–Crippen MR) is 106 cm³/mol. The van der Waals surface area contributed by atoms with Gasteiger partial charge in [0.15, 0.2) is 0 Å². The van der Waals surface area contributed by atoms with Crippen LogP contribution in [0, 0.1) is 0 Å². The van der Waals surface area contributed by atoms with Crippen molar-refractivity contribution in [1.29, 1.82) is 0 Å². The number of rotatable bonds is 4. The van der Waals surface area contributed by atoms with E-state index in [1.807, 2.05) is 0 Å². The number of piperidine rings is 1. The summed E-state index contributed by atoms with van der Waals surface area (Å²) < 4.78 is 5.38. The van der Waals surface area contributed by atoms with Gasteiger partial charge < -0.3 is 20.3 Å². The number of anilines is 1. The van der Waals surface area contributed by atoms with Gasteiger partial charge in [-0.15, -0.1) is 5.10 Å². The Bertz CT molecular complexity index is 919. The van der Waals surface area contributed by atoms with Gasteiger partial charge in [-0.2, -0.15) is 0 Å². The smallest absolute Gasteiger partial charge is 0.388 e. The van der Waals surface area contributed by atoms with Crippen molar-refractivity contribution in [2.45, 2.75) is 18.9 Å². The summed E-state index contributed by atoms with van der Waals surface area (Å²) >= 11 is 9.23. The molecule has 11 heteroatoms. The first kappa shape index (κ1) is 20.2. The van der Waals surface area contributed by atoms with Gasteiger partial charge in [0.05, 0.1) is 10.6 Å². The highest BCUT2D eigenvalue weighted by Crippen LogP contribution is 2.30. The van der Waals surface area contributed by atoms with Crippen LogP contribution in [0.1, 0.15) is 23.2 Å². The molecule has 1 aliphatic heterocycles. The van der Waals surface area contributed by atoms with E-state index in [1.165, 1.54) is 0 Å². The number of ether oxygens (including phenoxy) is 1. The van der Waals surface area contributed by atoms with Crippen LogP contribution in [0.4, 0.5) is 10.6 Å². The summed E-state index contributed by atoms with van der Waals surface area (Å²) in [5.74, 6) is -0.511. The molecule has 3 rings (SSSR count). The molecule has 1 aliphatic rings. The van der Waals surface area contributed by atoms with E-state index in [2.05, 4.69) is 36.8 Å². The standard InChI is InChI=1S/C17H17BrClN5O4/c1-24-8-4-7-11(16(24)26)20-17(27)28-15-12(18)13(22-23-15)21-14(25)9-5-2-3-6-10(9)19/h2-3,5-6,11H,4,7-8H2,1H3,(H,20,27)(H2,21,22,23,25). The van der Waals surface area contributed by atoms with Gasteiger partial charge in [0.1, 0.15) is 16.3 Å². The fourth-order valence-corrected chi connectivity index (χ4v) is 3.29. The minimum Gasteiger partial charge on any atom is -0.388 e. The number of aromatic nitrogens is 2. The predicted octanol–water partition coefficient (Wildman–Crippen LogP) is 2.79. The van der Waals surface area contributed by atoms with Gasteiger partial charge in [0.2, 0.25) is 5.91 Å². The normalized spacial score (nSPS) is 16.6. The number of carbonyl (C=O) groups is 3. The summed E-state index contributed by atoms with van der Waals surface area (Å²) in [4.78, 5) is 38.0. The highest BCUT2D eigenvalue weighted by molar-refractivity contribution is 9.10. The lowest BCUT2D eigenvalue weighted by Gasteiger charge is -2.29. The first-order valence-electron chi connectivity index (χ1n) is 8.40. The minimum absolute atomic E-state index is 0.0800. The summed E-state index contributed by atoms with van der Waals surface area (Å²) in [6.45, 7) is 0.658. The van der Waals surface area contributed by atoms with Crippen molar-refractivity contribution in [3.05, 3.63) is 39.3 Å². The van der Waals surface area contributed by atoms with Crippen LogP contribution < -0.4 is 15.4 Å². The van der Waals surface area contributed by atoms with Crippen molar-refractivity contribution in [1.82, 2.24) is 20.4 Å². The van der Waals surface area contributed by atoms with Crippen molar-refractivity contribution in [2.24, 2.45) is 0 Å². The average Bonchev–Trinajstić information content (AvgIpc) is 2.99. The van der Waals surface area contributed by atoms with Crippen LogP contribution in [0.15, 0.2) is 28.7 Å². The number of nitrogens with one attached hydrogen (secondary N) is 3. The number of H-pyrrole nitrogens is 1. The Morgan fingerprint density at radius 1 is 1.39 bits per heavy atom. The molecule has 148 valence electrons. The average molecular weight is 471 g/mol. The van der Waals surface area contributed by atoms with Crippen molar-refractivity contribution >= 4 is 51.3 Å². The lowest BCUT2D eigenvalue weighted by molar-refractivity contribution is -0.134. The molecule has 1 atom stereocenters. The zero-order valence-corrected chi connectivity index (χ0v) is 17.1. The molecule has 2 aromatic rings. The number of hydrogen-bond acceptors (Lipinski definition) is 5.